The average Bonchev–Trinajstić information content (AvgIpc) is 3.12. The predicted octanol–water partition coefficient (Wildman–Crippen LogP) is 2.02. The highest BCUT2D eigenvalue weighted by molar-refractivity contribution is 6.00. The molecule has 9 nitrogen and oxygen atoms in total. The minimum Gasteiger partial charge on any atom is -0.357 e. The number of pyridine rings is 1. The summed E-state index contributed by atoms with van der Waals surface area (Å²) in [5.41, 5.74) is 2.35. The van der Waals surface area contributed by atoms with E-state index in [1.165, 1.54) is 32.3 Å². The third-order valence-corrected chi connectivity index (χ3v) is 4.63. The zero-order valence-electron chi connectivity index (χ0n) is 17.5. The number of hydrogen-bond acceptors (Lipinski definition) is 7. The SMILES string of the molecule is CNC(=O)c1ccccc1Nc1cc(NC2=CN(C)NC2C(=O)NC)ncc1C(F)(F)F. The Labute approximate surface area is 182 Å². The van der Waals surface area contributed by atoms with Gasteiger partial charge in [-0.1, -0.05) is 12.1 Å². The first-order chi connectivity index (χ1) is 15.1. The van der Waals surface area contributed by atoms with Gasteiger partial charge in [0.05, 0.1) is 28.2 Å². The molecule has 0 aliphatic carbocycles. The van der Waals surface area contributed by atoms with Gasteiger partial charge < -0.3 is 26.3 Å². The van der Waals surface area contributed by atoms with Crippen LogP contribution in [0, 0.1) is 0 Å². The van der Waals surface area contributed by atoms with Crippen molar-refractivity contribution in [2.75, 3.05) is 31.8 Å². The standard InChI is InChI=1S/C20H22F3N7O2/c1-24-18(31)11-6-4-5-7-13(11)27-14-8-16(26-9-12(14)20(21,22)23)28-15-10-30(3)29-17(15)19(32)25-2/h4-10,17,29H,1-3H3,(H,24,31)(H,25,32)(H2,26,27,28). The molecule has 1 aliphatic rings. The van der Waals surface area contributed by atoms with Gasteiger partial charge >= 0.3 is 6.18 Å². The van der Waals surface area contributed by atoms with Gasteiger partial charge in [0.2, 0.25) is 5.91 Å². The van der Waals surface area contributed by atoms with E-state index in [0.29, 0.717) is 11.9 Å². The molecule has 2 heterocycles. The molecule has 1 unspecified atom stereocenters. The second-order valence-corrected chi connectivity index (χ2v) is 6.86. The molecule has 0 radical (unpaired) electrons. The van der Waals surface area contributed by atoms with Gasteiger partial charge in [0.15, 0.2) is 0 Å². The van der Waals surface area contributed by atoms with E-state index in [1.807, 2.05) is 0 Å². The molecule has 5 N–H and O–H groups in total. The first-order valence-corrected chi connectivity index (χ1v) is 9.48. The Hall–Kier alpha value is -3.80. The summed E-state index contributed by atoms with van der Waals surface area (Å²) in [6.45, 7) is 0. The summed E-state index contributed by atoms with van der Waals surface area (Å²) in [7, 11) is 4.58. The second kappa shape index (κ2) is 9.14. The number of hydrogen-bond donors (Lipinski definition) is 5. The van der Waals surface area contributed by atoms with Crippen molar-refractivity contribution in [3.05, 3.63) is 59.6 Å². The first kappa shape index (κ1) is 22.9. The van der Waals surface area contributed by atoms with E-state index in [9.17, 15) is 22.8 Å². The number of para-hydroxylation sites is 1. The molecule has 0 saturated carbocycles. The number of rotatable bonds is 6. The van der Waals surface area contributed by atoms with Crippen molar-refractivity contribution in [2.45, 2.75) is 12.2 Å². The number of hydrazine groups is 1. The molecule has 170 valence electrons. The van der Waals surface area contributed by atoms with Crippen molar-refractivity contribution in [2.24, 2.45) is 0 Å². The van der Waals surface area contributed by atoms with E-state index < -0.39 is 23.7 Å². The fourth-order valence-corrected chi connectivity index (χ4v) is 3.11. The van der Waals surface area contributed by atoms with Crippen LogP contribution in [0.25, 0.3) is 0 Å². The molecule has 32 heavy (non-hydrogen) atoms. The van der Waals surface area contributed by atoms with E-state index in [1.54, 1.807) is 30.4 Å². The number of anilines is 3. The van der Waals surface area contributed by atoms with Crippen molar-refractivity contribution in [3.63, 3.8) is 0 Å². The van der Waals surface area contributed by atoms with Gasteiger partial charge in [0.25, 0.3) is 5.91 Å². The van der Waals surface area contributed by atoms with Gasteiger partial charge in [0.1, 0.15) is 11.9 Å². The molecule has 3 rings (SSSR count). The molecule has 0 bridgehead atoms. The Morgan fingerprint density at radius 1 is 1.09 bits per heavy atom. The number of amides is 2. The molecule has 0 saturated heterocycles. The van der Waals surface area contributed by atoms with E-state index in [0.717, 1.165) is 0 Å². The minimum absolute atomic E-state index is 0.0789. The third kappa shape index (κ3) is 4.91. The molecule has 1 atom stereocenters. The normalized spacial score (nSPS) is 15.8. The van der Waals surface area contributed by atoms with E-state index >= 15 is 0 Å². The lowest BCUT2D eigenvalue weighted by molar-refractivity contribution is -0.137. The summed E-state index contributed by atoms with van der Waals surface area (Å²) >= 11 is 0. The number of benzene rings is 1. The third-order valence-electron chi connectivity index (χ3n) is 4.63. The zero-order chi connectivity index (χ0) is 23.5. The van der Waals surface area contributed by atoms with Crippen LogP contribution in [-0.4, -0.2) is 49.0 Å². The fourth-order valence-electron chi connectivity index (χ4n) is 3.11. The highest BCUT2D eigenvalue weighted by Gasteiger charge is 2.35. The lowest BCUT2D eigenvalue weighted by Crippen LogP contribution is -2.45. The molecular formula is C20H22F3N7O2. The van der Waals surface area contributed by atoms with Crippen LogP contribution in [0.2, 0.25) is 0 Å². The van der Waals surface area contributed by atoms with Crippen molar-refractivity contribution in [1.82, 2.24) is 26.1 Å². The molecule has 12 heteroatoms. The topological polar surface area (TPSA) is 110 Å². The lowest BCUT2D eigenvalue weighted by atomic mass is 10.1. The molecule has 1 aromatic heterocycles. The number of likely N-dealkylation sites (N-methyl/N-ethyl adjacent to an activating group) is 1. The summed E-state index contributed by atoms with van der Waals surface area (Å²) in [5.74, 6) is -0.708. The summed E-state index contributed by atoms with van der Waals surface area (Å²) in [6.07, 6.45) is -2.41. The summed E-state index contributed by atoms with van der Waals surface area (Å²) in [4.78, 5) is 28.1. The quantitative estimate of drug-likeness (QED) is 0.459. The number of carbonyl (C=O) groups excluding carboxylic acids is 2. The zero-order valence-corrected chi connectivity index (χ0v) is 17.5. The van der Waals surface area contributed by atoms with Crippen LogP contribution in [0.4, 0.5) is 30.4 Å². The highest BCUT2D eigenvalue weighted by atomic mass is 19.4. The van der Waals surface area contributed by atoms with Crippen LogP contribution in [0.5, 0.6) is 0 Å². The summed E-state index contributed by atoms with van der Waals surface area (Å²) < 4.78 is 40.9. The maximum atomic E-state index is 13.6. The van der Waals surface area contributed by atoms with Gasteiger partial charge in [-0.3, -0.25) is 9.59 Å². The van der Waals surface area contributed by atoms with Crippen LogP contribution in [0.1, 0.15) is 15.9 Å². The average molecular weight is 449 g/mol. The Bertz CT molecular complexity index is 1060. The van der Waals surface area contributed by atoms with Gasteiger partial charge in [-0.05, 0) is 12.1 Å². The van der Waals surface area contributed by atoms with Crippen molar-refractivity contribution in [1.29, 1.82) is 0 Å². The van der Waals surface area contributed by atoms with E-state index in [-0.39, 0.29) is 28.7 Å². The molecule has 1 aromatic carbocycles. The lowest BCUT2D eigenvalue weighted by Gasteiger charge is -2.19. The van der Waals surface area contributed by atoms with Crippen molar-refractivity contribution >= 4 is 29.0 Å². The molecular weight excluding hydrogens is 427 g/mol. The minimum atomic E-state index is -4.69. The first-order valence-electron chi connectivity index (χ1n) is 9.48. The maximum Gasteiger partial charge on any atom is 0.419 e. The number of aromatic nitrogens is 1. The largest absolute Gasteiger partial charge is 0.419 e. The van der Waals surface area contributed by atoms with E-state index in [4.69, 9.17) is 0 Å². The van der Waals surface area contributed by atoms with Crippen LogP contribution >= 0.6 is 0 Å². The molecule has 2 amide bonds. The maximum absolute atomic E-state index is 13.6. The number of halogens is 3. The molecule has 1 aliphatic heterocycles. The monoisotopic (exact) mass is 449 g/mol. The van der Waals surface area contributed by atoms with Crippen LogP contribution in [0.15, 0.2) is 48.4 Å². The van der Waals surface area contributed by atoms with Crippen LogP contribution in [0.3, 0.4) is 0 Å². The Morgan fingerprint density at radius 3 is 2.47 bits per heavy atom. The fraction of sp³-hybridized carbons (Fsp3) is 0.250. The van der Waals surface area contributed by atoms with Crippen molar-refractivity contribution in [3.8, 4) is 0 Å². The molecule has 2 aromatic rings. The van der Waals surface area contributed by atoms with Gasteiger partial charge in [-0.25, -0.2) is 10.4 Å². The molecule has 0 fully saturated rings. The Balaban J connectivity index is 1.98. The van der Waals surface area contributed by atoms with Gasteiger partial charge in [-0.15, -0.1) is 0 Å². The van der Waals surface area contributed by atoms with E-state index in [2.05, 4.69) is 31.7 Å². The number of nitrogens with one attached hydrogen (secondary N) is 5. The number of alkyl halides is 3. The smallest absolute Gasteiger partial charge is 0.357 e. The summed E-state index contributed by atoms with van der Waals surface area (Å²) in [5, 5.41) is 12.1. The molecule has 0 spiro atoms. The second-order valence-electron chi connectivity index (χ2n) is 6.86. The number of carbonyl (C=O) groups is 2. The summed E-state index contributed by atoms with van der Waals surface area (Å²) in [6, 6.07) is 6.60. The highest BCUT2D eigenvalue weighted by Crippen LogP contribution is 2.37. The number of nitrogens with zero attached hydrogens (tertiary/aromatic N) is 2. The van der Waals surface area contributed by atoms with Crippen molar-refractivity contribution < 1.29 is 22.8 Å². The Kier molecular flexibility index (Phi) is 6.53. The Morgan fingerprint density at radius 2 is 1.81 bits per heavy atom. The van der Waals surface area contributed by atoms with Gasteiger partial charge in [-0.2, -0.15) is 13.2 Å². The van der Waals surface area contributed by atoms with Crippen LogP contribution < -0.4 is 26.7 Å². The van der Waals surface area contributed by atoms with Gasteiger partial charge in [0, 0.05) is 39.6 Å². The van der Waals surface area contributed by atoms with Crippen LogP contribution in [-0.2, 0) is 11.0 Å². The predicted molar refractivity (Wildman–Crippen MR) is 113 cm³/mol.